The highest BCUT2D eigenvalue weighted by molar-refractivity contribution is 5.83. The molecule has 0 fully saturated rings. The largest absolute Gasteiger partial charge is 0.333 e. The second kappa shape index (κ2) is 5.83. The molecule has 0 unspecified atom stereocenters. The van der Waals surface area contributed by atoms with Gasteiger partial charge in [0.05, 0.1) is 0 Å². The molecule has 0 bridgehead atoms. The van der Waals surface area contributed by atoms with Crippen molar-refractivity contribution in [3.05, 3.63) is 48.6 Å². The van der Waals surface area contributed by atoms with E-state index in [2.05, 4.69) is 6.58 Å². The Kier molecular flexibility index (Phi) is 4.68. The number of carbonyl (C=O) groups is 1. The molecule has 18 heavy (non-hydrogen) atoms. The van der Waals surface area contributed by atoms with Crippen LogP contribution in [0.25, 0.3) is 0 Å². The standard InChI is InChI=1S/C15H22N2O/c1-5-11-17(15(2,3)4)14(18)13(16)12-9-7-6-8-10-12/h5-10,13H,1,11,16H2,2-4H3/t13-/m1/s1. The zero-order valence-corrected chi connectivity index (χ0v) is 11.4. The molecule has 0 aliphatic heterocycles. The van der Waals surface area contributed by atoms with Crippen molar-refractivity contribution in [2.24, 2.45) is 5.73 Å². The molecular weight excluding hydrogens is 224 g/mol. The maximum Gasteiger partial charge on any atom is 0.244 e. The lowest BCUT2D eigenvalue weighted by Crippen LogP contribution is -2.49. The van der Waals surface area contributed by atoms with Crippen LogP contribution in [0.15, 0.2) is 43.0 Å². The van der Waals surface area contributed by atoms with Crippen LogP contribution in [0.4, 0.5) is 0 Å². The van der Waals surface area contributed by atoms with Gasteiger partial charge in [0.2, 0.25) is 5.91 Å². The molecule has 1 amide bonds. The van der Waals surface area contributed by atoms with Gasteiger partial charge in [-0.3, -0.25) is 4.79 Å². The lowest BCUT2D eigenvalue weighted by Gasteiger charge is -2.36. The zero-order valence-electron chi connectivity index (χ0n) is 11.4. The minimum atomic E-state index is -0.620. The van der Waals surface area contributed by atoms with Crippen LogP contribution in [0, 0.1) is 0 Å². The Hall–Kier alpha value is -1.61. The molecule has 0 saturated heterocycles. The topological polar surface area (TPSA) is 46.3 Å². The summed E-state index contributed by atoms with van der Waals surface area (Å²) in [4.78, 5) is 14.2. The fourth-order valence-electron chi connectivity index (χ4n) is 1.79. The van der Waals surface area contributed by atoms with Crippen molar-refractivity contribution in [3.8, 4) is 0 Å². The van der Waals surface area contributed by atoms with Gasteiger partial charge in [-0.15, -0.1) is 6.58 Å². The third-order valence-electron chi connectivity index (χ3n) is 2.81. The third kappa shape index (κ3) is 3.44. The highest BCUT2D eigenvalue weighted by atomic mass is 16.2. The van der Waals surface area contributed by atoms with Gasteiger partial charge in [-0.05, 0) is 26.3 Å². The fourth-order valence-corrected chi connectivity index (χ4v) is 1.79. The van der Waals surface area contributed by atoms with Crippen LogP contribution >= 0.6 is 0 Å². The van der Waals surface area contributed by atoms with Gasteiger partial charge in [0, 0.05) is 12.1 Å². The molecule has 3 nitrogen and oxygen atoms in total. The van der Waals surface area contributed by atoms with E-state index in [1.807, 2.05) is 51.1 Å². The van der Waals surface area contributed by atoms with E-state index in [0.29, 0.717) is 6.54 Å². The molecule has 0 aliphatic rings. The summed E-state index contributed by atoms with van der Waals surface area (Å²) in [7, 11) is 0. The number of carbonyl (C=O) groups excluding carboxylic acids is 1. The Bertz CT molecular complexity index is 406. The van der Waals surface area contributed by atoms with Crippen LogP contribution in [-0.4, -0.2) is 22.9 Å². The number of benzene rings is 1. The minimum Gasteiger partial charge on any atom is -0.333 e. The molecule has 1 aromatic carbocycles. The predicted molar refractivity (Wildman–Crippen MR) is 75.0 cm³/mol. The predicted octanol–water partition coefficient (Wildman–Crippen LogP) is 2.50. The molecule has 0 heterocycles. The number of nitrogens with zero attached hydrogens (tertiary/aromatic N) is 1. The molecule has 98 valence electrons. The molecule has 1 atom stereocenters. The van der Waals surface area contributed by atoms with Crippen molar-refractivity contribution >= 4 is 5.91 Å². The average molecular weight is 246 g/mol. The third-order valence-corrected chi connectivity index (χ3v) is 2.81. The highest BCUT2D eigenvalue weighted by Crippen LogP contribution is 2.20. The quantitative estimate of drug-likeness (QED) is 0.830. The van der Waals surface area contributed by atoms with Crippen molar-refractivity contribution in [1.82, 2.24) is 4.90 Å². The molecule has 0 radical (unpaired) electrons. The van der Waals surface area contributed by atoms with Gasteiger partial charge >= 0.3 is 0 Å². The number of hydrogen-bond acceptors (Lipinski definition) is 2. The van der Waals surface area contributed by atoms with Gasteiger partial charge < -0.3 is 10.6 Å². The fraction of sp³-hybridized carbons (Fsp3) is 0.400. The Morgan fingerprint density at radius 2 is 1.94 bits per heavy atom. The van der Waals surface area contributed by atoms with Crippen molar-refractivity contribution in [1.29, 1.82) is 0 Å². The summed E-state index contributed by atoms with van der Waals surface area (Å²) in [5.41, 5.74) is 6.61. The maximum absolute atomic E-state index is 12.4. The van der Waals surface area contributed by atoms with E-state index in [1.165, 1.54) is 0 Å². The van der Waals surface area contributed by atoms with Gasteiger partial charge in [0.15, 0.2) is 0 Å². The first-order valence-corrected chi connectivity index (χ1v) is 6.11. The first-order valence-electron chi connectivity index (χ1n) is 6.11. The molecule has 0 aromatic heterocycles. The Morgan fingerprint density at radius 3 is 2.39 bits per heavy atom. The summed E-state index contributed by atoms with van der Waals surface area (Å²) in [5.74, 6) is -0.0754. The van der Waals surface area contributed by atoms with Crippen molar-refractivity contribution in [2.45, 2.75) is 32.4 Å². The SMILES string of the molecule is C=CCN(C(=O)[C@H](N)c1ccccc1)C(C)(C)C. The van der Waals surface area contributed by atoms with E-state index in [4.69, 9.17) is 5.73 Å². The Balaban J connectivity index is 2.94. The second-order valence-electron chi connectivity index (χ2n) is 5.30. The molecule has 1 aromatic rings. The lowest BCUT2D eigenvalue weighted by atomic mass is 10.0. The number of hydrogen-bond donors (Lipinski definition) is 1. The second-order valence-corrected chi connectivity index (χ2v) is 5.30. The number of amides is 1. The molecule has 0 saturated carbocycles. The van der Waals surface area contributed by atoms with E-state index in [1.54, 1.807) is 11.0 Å². The number of nitrogens with two attached hydrogens (primary N) is 1. The first-order chi connectivity index (χ1) is 8.38. The van der Waals surface area contributed by atoms with Gasteiger partial charge in [0.1, 0.15) is 6.04 Å². The lowest BCUT2D eigenvalue weighted by molar-refractivity contribution is -0.136. The van der Waals surface area contributed by atoms with E-state index in [0.717, 1.165) is 5.56 Å². The van der Waals surface area contributed by atoms with Crippen LogP contribution in [0.2, 0.25) is 0 Å². The minimum absolute atomic E-state index is 0.0754. The summed E-state index contributed by atoms with van der Waals surface area (Å²) in [5, 5.41) is 0. The summed E-state index contributed by atoms with van der Waals surface area (Å²) in [6.07, 6.45) is 1.72. The normalized spacial score (nSPS) is 12.9. The molecule has 3 heteroatoms. The Morgan fingerprint density at radius 1 is 1.39 bits per heavy atom. The van der Waals surface area contributed by atoms with Crippen molar-refractivity contribution < 1.29 is 4.79 Å². The van der Waals surface area contributed by atoms with E-state index in [9.17, 15) is 4.79 Å². The summed E-state index contributed by atoms with van der Waals surface area (Å²) >= 11 is 0. The summed E-state index contributed by atoms with van der Waals surface area (Å²) in [6, 6.07) is 8.81. The summed E-state index contributed by atoms with van der Waals surface area (Å²) < 4.78 is 0. The van der Waals surface area contributed by atoms with Crippen LogP contribution in [0.1, 0.15) is 32.4 Å². The summed E-state index contributed by atoms with van der Waals surface area (Å²) in [6.45, 7) is 10.2. The molecule has 0 spiro atoms. The maximum atomic E-state index is 12.4. The van der Waals surface area contributed by atoms with Gasteiger partial charge in [0.25, 0.3) is 0 Å². The van der Waals surface area contributed by atoms with Gasteiger partial charge in [-0.1, -0.05) is 36.4 Å². The monoisotopic (exact) mass is 246 g/mol. The molecule has 2 N–H and O–H groups in total. The average Bonchev–Trinajstić information content (AvgIpc) is 2.34. The van der Waals surface area contributed by atoms with Crippen LogP contribution in [0.5, 0.6) is 0 Å². The number of rotatable bonds is 4. The van der Waals surface area contributed by atoms with Crippen LogP contribution < -0.4 is 5.73 Å². The van der Waals surface area contributed by atoms with E-state index in [-0.39, 0.29) is 11.4 Å². The van der Waals surface area contributed by atoms with Gasteiger partial charge in [-0.2, -0.15) is 0 Å². The van der Waals surface area contributed by atoms with Crippen molar-refractivity contribution in [2.75, 3.05) is 6.54 Å². The van der Waals surface area contributed by atoms with Crippen molar-refractivity contribution in [3.63, 3.8) is 0 Å². The highest BCUT2D eigenvalue weighted by Gasteiger charge is 2.29. The van der Waals surface area contributed by atoms with Crippen LogP contribution in [-0.2, 0) is 4.79 Å². The molecule has 0 aliphatic carbocycles. The zero-order chi connectivity index (χ0) is 13.8. The smallest absolute Gasteiger partial charge is 0.244 e. The molecular formula is C15H22N2O. The van der Waals surface area contributed by atoms with E-state index >= 15 is 0 Å². The Labute approximate surface area is 109 Å². The van der Waals surface area contributed by atoms with Gasteiger partial charge in [-0.25, -0.2) is 0 Å². The van der Waals surface area contributed by atoms with E-state index < -0.39 is 6.04 Å². The molecule has 1 rings (SSSR count). The van der Waals surface area contributed by atoms with Crippen LogP contribution in [0.3, 0.4) is 0 Å². The first kappa shape index (κ1) is 14.5.